The van der Waals surface area contributed by atoms with Crippen molar-refractivity contribution in [3.05, 3.63) is 39.8 Å². The molecule has 4 aromatic heterocycles. The average Bonchev–Trinajstić information content (AvgIpc) is 3.35. The first kappa shape index (κ1) is 15.9. The van der Waals surface area contributed by atoms with Crippen molar-refractivity contribution in [1.82, 2.24) is 29.0 Å². The third-order valence-corrected chi connectivity index (χ3v) is 5.41. The minimum Gasteiger partial charge on any atom is -0.358 e. The molecule has 0 radical (unpaired) electrons. The number of nitrogens with zero attached hydrogens (tertiary/aromatic N) is 9. The van der Waals surface area contributed by atoms with Crippen molar-refractivity contribution in [2.75, 3.05) is 36.0 Å². The van der Waals surface area contributed by atoms with Gasteiger partial charge in [0.15, 0.2) is 0 Å². The Morgan fingerprint density at radius 1 is 1.19 bits per heavy atom. The van der Waals surface area contributed by atoms with Crippen molar-refractivity contribution in [1.29, 1.82) is 0 Å². The lowest BCUT2D eigenvalue weighted by atomic mass is 10.3. The molecular formula is C15H15N9O2S. The van der Waals surface area contributed by atoms with Gasteiger partial charge in [-0.3, -0.25) is 0 Å². The van der Waals surface area contributed by atoms with Crippen LogP contribution in [0.25, 0.3) is 10.7 Å². The normalized spacial score (nSPS) is 15.1. The maximum Gasteiger partial charge on any atom is 0.373 e. The van der Waals surface area contributed by atoms with E-state index in [1.54, 1.807) is 16.1 Å². The molecule has 0 aromatic carbocycles. The highest BCUT2D eigenvalue weighted by Gasteiger charge is 2.30. The van der Waals surface area contributed by atoms with E-state index in [9.17, 15) is 10.1 Å². The number of piperazine rings is 1. The van der Waals surface area contributed by atoms with Crippen molar-refractivity contribution in [3.8, 4) is 0 Å². The summed E-state index contributed by atoms with van der Waals surface area (Å²) < 4.78 is 3.26. The summed E-state index contributed by atoms with van der Waals surface area (Å²) in [7, 11) is 0. The van der Waals surface area contributed by atoms with Crippen molar-refractivity contribution in [2.24, 2.45) is 0 Å². The lowest BCUT2D eigenvalue weighted by Gasteiger charge is -2.35. The van der Waals surface area contributed by atoms with Gasteiger partial charge in [0.05, 0.1) is 0 Å². The standard InChI is InChI=1S/C15H15N9O2S/c1-10-8-11(23-14(18-10)16-9-17-23)20-2-4-21(5-3-20)12-13(24(25)26)22-6-7-27-15(22)19-12/h6-9H,2-5H2,1H3. The van der Waals surface area contributed by atoms with Gasteiger partial charge in [-0.2, -0.15) is 24.0 Å². The highest BCUT2D eigenvalue weighted by molar-refractivity contribution is 7.15. The summed E-state index contributed by atoms with van der Waals surface area (Å²) in [6.07, 6.45) is 3.18. The summed E-state index contributed by atoms with van der Waals surface area (Å²) in [5.41, 5.74) is 0.873. The van der Waals surface area contributed by atoms with Gasteiger partial charge in [-0.15, -0.1) is 0 Å². The number of thiazole rings is 1. The lowest BCUT2D eigenvalue weighted by molar-refractivity contribution is -0.389. The van der Waals surface area contributed by atoms with Crippen LogP contribution >= 0.6 is 11.3 Å². The van der Waals surface area contributed by atoms with E-state index in [1.807, 2.05) is 17.9 Å². The zero-order valence-corrected chi connectivity index (χ0v) is 15.2. The summed E-state index contributed by atoms with van der Waals surface area (Å²) in [6, 6.07) is 1.98. The molecule has 0 amide bonds. The summed E-state index contributed by atoms with van der Waals surface area (Å²) >= 11 is 1.39. The zero-order valence-electron chi connectivity index (χ0n) is 14.4. The van der Waals surface area contributed by atoms with Gasteiger partial charge in [-0.1, -0.05) is 11.3 Å². The van der Waals surface area contributed by atoms with E-state index in [0.717, 1.165) is 11.5 Å². The summed E-state index contributed by atoms with van der Waals surface area (Å²) in [5.74, 6) is 1.95. The molecule has 0 N–H and O–H groups in total. The first-order valence-electron chi connectivity index (χ1n) is 8.39. The van der Waals surface area contributed by atoms with Gasteiger partial charge < -0.3 is 19.9 Å². The van der Waals surface area contributed by atoms with E-state index in [1.165, 1.54) is 22.1 Å². The molecule has 27 heavy (non-hydrogen) atoms. The van der Waals surface area contributed by atoms with Crippen LogP contribution in [0.3, 0.4) is 0 Å². The van der Waals surface area contributed by atoms with Crippen LogP contribution in [-0.4, -0.2) is 60.1 Å². The fourth-order valence-electron chi connectivity index (χ4n) is 3.43. The van der Waals surface area contributed by atoms with Crippen LogP contribution in [0, 0.1) is 17.0 Å². The van der Waals surface area contributed by atoms with E-state index < -0.39 is 0 Å². The lowest BCUT2D eigenvalue weighted by Crippen LogP contribution is -2.47. The third kappa shape index (κ3) is 2.48. The monoisotopic (exact) mass is 385 g/mol. The molecule has 12 heteroatoms. The van der Waals surface area contributed by atoms with Gasteiger partial charge in [0, 0.05) is 43.3 Å². The second kappa shape index (κ2) is 5.87. The van der Waals surface area contributed by atoms with Crippen LogP contribution < -0.4 is 9.80 Å². The predicted octanol–water partition coefficient (Wildman–Crippen LogP) is 1.38. The molecular weight excluding hydrogens is 370 g/mol. The van der Waals surface area contributed by atoms with Crippen LogP contribution in [0.15, 0.2) is 24.0 Å². The van der Waals surface area contributed by atoms with E-state index in [2.05, 4.69) is 25.0 Å². The topological polar surface area (TPSA) is 110 Å². The minimum absolute atomic E-state index is 0.0260. The Morgan fingerprint density at radius 3 is 2.74 bits per heavy atom. The Balaban J connectivity index is 1.43. The predicted molar refractivity (Wildman–Crippen MR) is 99.7 cm³/mol. The fourth-order valence-corrected chi connectivity index (χ4v) is 4.13. The number of hydrogen-bond donors (Lipinski definition) is 0. The molecule has 1 aliphatic heterocycles. The highest BCUT2D eigenvalue weighted by atomic mass is 32.1. The molecule has 5 rings (SSSR count). The number of aromatic nitrogens is 6. The number of rotatable bonds is 3. The Hall–Kier alpha value is -3.28. The van der Waals surface area contributed by atoms with Crippen LogP contribution in [0.5, 0.6) is 0 Å². The minimum atomic E-state index is -0.362. The molecule has 0 unspecified atom stereocenters. The number of fused-ring (bicyclic) bond motifs is 2. The van der Waals surface area contributed by atoms with Crippen LogP contribution in [0.4, 0.5) is 17.5 Å². The molecule has 4 aromatic rings. The average molecular weight is 385 g/mol. The van der Waals surface area contributed by atoms with E-state index in [-0.39, 0.29) is 10.7 Å². The van der Waals surface area contributed by atoms with Gasteiger partial charge >= 0.3 is 5.82 Å². The number of imidazole rings is 1. The molecule has 1 saturated heterocycles. The number of hydrogen-bond acceptors (Lipinski definition) is 9. The summed E-state index contributed by atoms with van der Waals surface area (Å²) in [5, 5.41) is 17.6. The van der Waals surface area contributed by atoms with Crippen molar-refractivity contribution >= 4 is 39.5 Å². The first-order valence-corrected chi connectivity index (χ1v) is 9.27. The van der Waals surface area contributed by atoms with E-state index in [4.69, 9.17) is 0 Å². The Kier molecular flexibility index (Phi) is 3.47. The maximum atomic E-state index is 11.6. The fraction of sp³-hybridized carbons (Fsp3) is 0.333. The van der Waals surface area contributed by atoms with Crippen LogP contribution in [0.1, 0.15) is 5.69 Å². The molecule has 138 valence electrons. The molecule has 0 aliphatic carbocycles. The summed E-state index contributed by atoms with van der Waals surface area (Å²) in [6.45, 7) is 4.57. The number of nitro groups is 1. The van der Waals surface area contributed by atoms with Gasteiger partial charge in [0.25, 0.3) is 10.7 Å². The molecule has 1 aliphatic rings. The Labute approximate surface area is 156 Å². The third-order valence-electron chi connectivity index (χ3n) is 4.66. The van der Waals surface area contributed by atoms with Crippen molar-refractivity contribution < 1.29 is 4.92 Å². The van der Waals surface area contributed by atoms with Crippen molar-refractivity contribution in [3.63, 3.8) is 0 Å². The molecule has 0 spiro atoms. The van der Waals surface area contributed by atoms with Gasteiger partial charge in [-0.05, 0) is 11.8 Å². The molecule has 0 saturated carbocycles. The van der Waals surface area contributed by atoms with E-state index in [0.29, 0.717) is 42.7 Å². The largest absolute Gasteiger partial charge is 0.373 e. The molecule has 5 heterocycles. The highest BCUT2D eigenvalue weighted by Crippen LogP contribution is 2.32. The Morgan fingerprint density at radius 2 is 1.96 bits per heavy atom. The van der Waals surface area contributed by atoms with E-state index >= 15 is 0 Å². The maximum absolute atomic E-state index is 11.6. The summed E-state index contributed by atoms with van der Waals surface area (Å²) in [4.78, 5) is 29.0. The van der Waals surface area contributed by atoms with Crippen molar-refractivity contribution in [2.45, 2.75) is 6.92 Å². The number of aryl methyl sites for hydroxylation is 1. The molecule has 0 atom stereocenters. The Bertz CT molecular complexity index is 1150. The molecule has 11 nitrogen and oxygen atoms in total. The second-order valence-electron chi connectivity index (χ2n) is 6.27. The first-order chi connectivity index (χ1) is 13.1. The zero-order chi connectivity index (χ0) is 18.5. The van der Waals surface area contributed by atoms with Crippen LogP contribution in [-0.2, 0) is 0 Å². The van der Waals surface area contributed by atoms with Crippen LogP contribution in [0.2, 0.25) is 0 Å². The second-order valence-corrected chi connectivity index (χ2v) is 7.15. The molecule has 1 fully saturated rings. The molecule has 0 bridgehead atoms. The smallest absolute Gasteiger partial charge is 0.358 e. The van der Waals surface area contributed by atoms with Gasteiger partial charge in [-0.25, -0.2) is 4.98 Å². The SMILES string of the molecule is Cc1cc(N2CCN(c3nc4sccn4c3[N+](=O)[O-])CC2)n2ncnc2n1. The number of anilines is 2. The van der Waals surface area contributed by atoms with Gasteiger partial charge in [0.2, 0.25) is 5.82 Å². The quantitative estimate of drug-likeness (QED) is 0.384. The van der Waals surface area contributed by atoms with Gasteiger partial charge in [0.1, 0.15) is 18.3 Å².